The summed E-state index contributed by atoms with van der Waals surface area (Å²) in [6.07, 6.45) is 0.0303. The lowest BCUT2D eigenvalue weighted by Crippen LogP contribution is -2.44. The van der Waals surface area contributed by atoms with Gasteiger partial charge in [0.1, 0.15) is 12.4 Å². The van der Waals surface area contributed by atoms with Crippen molar-refractivity contribution in [3.8, 4) is 17.1 Å². The SMILES string of the molecule is C=C(C)C(=O)NCCNC(=O)Oc1ccc2nc3c(c(CC)c2c1)Cn1c-3cc2c(c1=O)COC(=O)[C@]2(O)CC. The molecule has 0 bridgehead atoms. The molecule has 2 aromatic heterocycles. The topological polar surface area (TPSA) is 149 Å². The quantitative estimate of drug-likeness (QED) is 0.182. The van der Waals surface area contributed by atoms with Gasteiger partial charge in [-0.3, -0.25) is 9.59 Å². The highest BCUT2D eigenvalue weighted by molar-refractivity contribution is 5.92. The van der Waals surface area contributed by atoms with Crippen LogP contribution >= 0.6 is 0 Å². The van der Waals surface area contributed by atoms with Gasteiger partial charge in [0, 0.05) is 35.2 Å². The number of amides is 2. The lowest BCUT2D eigenvalue weighted by molar-refractivity contribution is -0.172. The highest BCUT2D eigenvalue weighted by Gasteiger charge is 2.45. The minimum Gasteiger partial charge on any atom is -0.458 e. The van der Waals surface area contributed by atoms with Crippen molar-refractivity contribution in [2.75, 3.05) is 13.1 Å². The monoisotopic (exact) mass is 546 g/mol. The molecule has 0 saturated heterocycles. The number of rotatable bonds is 7. The number of aromatic nitrogens is 2. The molecule has 0 spiro atoms. The van der Waals surface area contributed by atoms with E-state index in [2.05, 4.69) is 17.2 Å². The number of benzene rings is 1. The van der Waals surface area contributed by atoms with Gasteiger partial charge in [0.15, 0.2) is 5.60 Å². The third kappa shape index (κ3) is 4.41. The maximum atomic E-state index is 13.5. The molecular formula is C29H30N4O7. The van der Waals surface area contributed by atoms with Crippen LogP contribution in [-0.4, -0.2) is 45.7 Å². The zero-order valence-corrected chi connectivity index (χ0v) is 22.6. The summed E-state index contributed by atoms with van der Waals surface area (Å²) in [6.45, 7) is 9.32. The molecule has 4 heterocycles. The second-order valence-corrected chi connectivity index (χ2v) is 9.91. The summed E-state index contributed by atoms with van der Waals surface area (Å²) in [5.74, 6) is -0.734. The summed E-state index contributed by atoms with van der Waals surface area (Å²) >= 11 is 0. The summed E-state index contributed by atoms with van der Waals surface area (Å²) in [6, 6.07) is 6.79. The van der Waals surface area contributed by atoms with Crippen LogP contribution in [0.1, 0.15) is 49.4 Å². The van der Waals surface area contributed by atoms with Crippen molar-refractivity contribution < 1.29 is 29.0 Å². The standard InChI is InChI=1S/C29H30N4O7/c1-5-17-18-11-16(40-28(37)31-10-9-30-25(34)15(3)4)7-8-22(18)32-24-19(17)13-33-23(24)12-21-20(26(33)35)14-39-27(36)29(21,38)6-2/h7-8,11-12,38H,3,5-6,9-10,13-14H2,1-2,4H3,(H,30,34)(H,31,37)/t29-/m0/s1. The molecule has 11 heteroatoms. The molecule has 5 rings (SSSR count). The highest BCUT2D eigenvalue weighted by Crippen LogP contribution is 2.40. The average Bonchev–Trinajstić information content (AvgIpc) is 3.30. The number of nitrogens with one attached hydrogen (secondary N) is 2. The van der Waals surface area contributed by atoms with Gasteiger partial charge >= 0.3 is 12.1 Å². The van der Waals surface area contributed by atoms with Gasteiger partial charge in [-0.2, -0.15) is 0 Å². The van der Waals surface area contributed by atoms with Crippen LogP contribution in [0.2, 0.25) is 0 Å². The maximum absolute atomic E-state index is 13.5. The molecule has 2 amide bonds. The Balaban J connectivity index is 1.45. The molecule has 2 aliphatic rings. The lowest BCUT2D eigenvalue weighted by Gasteiger charge is -2.31. The number of cyclic esters (lactones) is 1. The van der Waals surface area contributed by atoms with E-state index in [-0.39, 0.29) is 55.3 Å². The number of hydrogen-bond acceptors (Lipinski definition) is 8. The fourth-order valence-corrected chi connectivity index (χ4v) is 5.24. The summed E-state index contributed by atoms with van der Waals surface area (Å²) in [4.78, 5) is 54.6. The molecule has 11 nitrogen and oxygen atoms in total. The van der Waals surface area contributed by atoms with E-state index in [1.54, 1.807) is 42.7 Å². The summed E-state index contributed by atoms with van der Waals surface area (Å²) in [5, 5.41) is 17.1. The molecule has 208 valence electrons. The van der Waals surface area contributed by atoms with Gasteiger partial charge in [-0.15, -0.1) is 0 Å². The van der Waals surface area contributed by atoms with Gasteiger partial charge in [0.05, 0.1) is 29.0 Å². The predicted molar refractivity (Wildman–Crippen MR) is 146 cm³/mol. The number of hydrogen-bond donors (Lipinski definition) is 3. The summed E-state index contributed by atoms with van der Waals surface area (Å²) < 4.78 is 12.2. The number of aliphatic hydroxyl groups is 1. The molecular weight excluding hydrogens is 516 g/mol. The Labute approximate surface area is 229 Å². The smallest absolute Gasteiger partial charge is 0.412 e. The third-order valence-corrected chi connectivity index (χ3v) is 7.41. The van der Waals surface area contributed by atoms with Gasteiger partial charge in [-0.25, -0.2) is 14.6 Å². The van der Waals surface area contributed by atoms with Crippen molar-refractivity contribution in [2.45, 2.75) is 52.4 Å². The second kappa shape index (κ2) is 10.2. The summed E-state index contributed by atoms with van der Waals surface area (Å²) in [5.41, 5.74) is 2.31. The Morgan fingerprint density at radius 2 is 1.93 bits per heavy atom. The second-order valence-electron chi connectivity index (χ2n) is 9.91. The van der Waals surface area contributed by atoms with Crippen molar-refractivity contribution in [1.29, 1.82) is 0 Å². The molecule has 0 radical (unpaired) electrons. The van der Waals surface area contributed by atoms with Crippen molar-refractivity contribution in [3.63, 3.8) is 0 Å². The van der Waals surface area contributed by atoms with Crippen LogP contribution in [0.15, 0.2) is 41.2 Å². The third-order valence-electron chi connectivity index (χ3n) is 7.41. The highest BCUT2D eigenvalue weighted by atomic mass is 16.6. The molecule has 1 aromatic carbocycles. The molecule has 0 aliphatic carbocycles. The van der Waals surface area contributed by atoms with E-state index < -0.39 is 17.7 Å². The molecule has 3 N–H and O–H groups in total. The van der Waals surface area contributed by atoms with Gasteiger partial charge in [0.2, 0.25) is 5.91 Å². The first-order chi connectivity index (χ1) is 19.1. The Hall–Kier alpha value is -4.51. The van der Waals surface area contributed by atoms with Crippen LogP contribution in [0.3, 0.4) is 0 Å². The van der Waals surface area contributed by atoms with E-state index in [9.17, 15) is 24.3 Å². The minimum absolute atomic E-state index is 0.0689. The van der Waals surface area contributed by atoms with Crippen molar-refractivity contribution in [3.05, 3.63) is 69.0 Å². The number of carbonyl (C=O) groups excluding carboxylic acids is 3. The van der Waals surface area contributed by atoms with Crippen LogP contribution in [0, 0.1) is 0 Å². The number of carbonyl (C=O) groups is 3. The first-order valence-electron chi connectivity index (χ1n) is 13.1. The number of nitrogens with zero attached hydrogens (tertiary/aromatic N) is 2. The minimum atomic E-state index is -1.89. The fourth-order valence-electron chi connectivity index (χ4n) is 5.24. The van der Waals surface area contributed by atoms with Crippen molar-refractivity contribution in [2.24, 2.45) is 0 Å². The zero-order chi connectivity index (χ0) is 28.8. The van der Waals surface area contributed by atoms with Crippen LogP contribution in [-0.2, 0) is 39.5 Å². The molecule has 2 aliphatic heterocycles. The van der Waals surface area contributed by atoms with Gasteiger partial charge in [-0.1, -0.05) is 20.4 Å². The molecule has 0 fully saturated rings. The number of ether oxygens (including phenoxy) is 2. The van der Waals surface area contributed by atoms with Crippen LogP contribution in [0.25, 0.3) is 22.3 Å². The summed E-state index contributed by atoms with van der Waals surface area (Å²) in [7, 11) is 0. The van der Waals surface area contributed by atoms with E-state index >= 15 is 0 Å². The zero-order valence-electron chi connectivity index (χ0n) is 22.6. The van der Waals surface area contributed by atoms with Crippen molar-refractivity contribution >= 4 is 28.9 Å². The van der Waals surface area contributed by atoms with Crippen LogP contribution in [0.4, 0.5) is 4.79 Å². The number of aryl methyl sites for hydroxylation is 1. The Morgan fingerprint density at radius 3 is 2.62 bits per heavy atom. The normalized spacial score (nSPS) is 16.9. The first kappa shape index (κ1) is 27.1. The molecule has 0 saturated carbocycles. The number of esters is 1. The molecule has 1 atom stereocenters. The van der Waals surface area contributed by atoms with E-state index in [4.69, 9.17) is 14.5 Å². The molecule has 3 aromatic rings. The fraction of sp³-hybridized carbons (Fsp3) is 0.345. The van der Waals surface area contributed by atoms with E-state index in [1.165, 1.54) is 0 Å². The van der Waals surface area contributed by atoms with Crippen LogP contribution in [0.5, 0.6) is 5.75 Å². The van der Waals surface area contributed by atoms with E-state index in [0.29, 0.717) is 34.6 Å². The van der Waals surface area contributed by atoms with Gasteiger partial charge in [-0.05, 0) is 49.6 Å². The first-order valence-corrected chi connectivity index (χ1v) is 13.1. The van der Waals surface area contributed by atoms with E-state index in [1.807, 2.05) is 6.92 Å². The van der Waals surface area contributed by atoms with Crippen LogP contribution < -0.4 is 20.9 Å². The molecule has 40 heavy (non-hydrogen) atoms. The van der Waals surface area contributed by atoms with Crippen molar-refractivity contribution in [1.82, 2.24) is 20.2 Å². The number of pyridine rings is 2. The Morgan fingerprint density at radius 1 is 1.18 bits per heavy atom. The van der Waals surface area contributed by atoms with Gasteiger partial charge in [0.25, 0.3) is 5.56 Å². The Kier molecular flexibility index (Phi) is 6.92. The lowest BCUT2D eigenvalue weighted by atomic mass is 9.86. The predicted octanol–water partition coefficient (Wildman–Crippen LogP) is 2.42. The largest absolute Gasteiger partial charge is 0.458 e. The Bertz CT molecular complexity index is 1660. The molecule has 0 unspecified atom stereocenters. The van der Waals surface area contributed by atoms with Gasteiger partial charge < -0.3 is 29.8 Å². The van der Waals surface area contributed by atoms with E-state index in [0.717, 1.165) is 16.5 Å². The number of fused-ring (bicyclic) bond motifs is 5. The maximum Gasteiger partial charge on any atom is 0.412 e. The average molecular weight is 547 g/mol.